The van der Waals surface area contributed by atoms with E-state index < -0.39 is 12.0 Å². The lowest BCUT2D eigenvalue weighted by molar-refractivity contribution is -0.138. The molecule has 146 valence electrons. The molecule has 0 radical (unpaired) electrons. The van der Waals surface area contributed by atoms with E-state index in [0.717, 1.165) is 17.5 Å². The summed E-state index contributed by atoms with van der Waals surface area (Å²) in [6.45, 7) is 4.55. The van der Waals surface area contributed by atoms with Gasteiger partial charge in [0, 0.05) is 24.5 Å². The number of nitrogens with one attached hydrogen (secondary N) is 1. The van der Waals surface area contributed by atoms with Gasteiger partial charge in [0.15, 0.2) is 6.10 Å². The first-order valence-electron chi connectivity index (χ1n) is 9.57. The maximum Gasteiger partial charge on any atom is 0.267 e. The number of imide groups is 1. The van der Waals surface area contributed by atoms with Crippen LogP contribution in [0.4, 0.5) is 0 Å². The van der Waals surface area contributed by atoms with Crippen molar-refractivity contribution in [2.45, 2.75) is 45.8 Å². The Morgan fingerprint density at radius 3 is 2.64 bits per heavy atom. The van der Waals surface area contributed by atoms with Crippen LogP contribution in [-0.2, 0) is 16.2 Å². The molecule has 2 amide bonds. The number of benzene rings is 2. The normalized spacial score (nSPS) is 17.2. The van der Waals surface area contributed by atoms with Gasteiger partial charge in [0.25, 0.3) is 5.91 Å². The molecule has 0 aliphatic carbocycles. The standard InChI is InChI=1S/C23H25NO4/c1-3-17(4-2)19-11-10-18(28-20-12-13-22(25)24-23(20)26)14-21(19)27-15-16-8-6-5-7-9-16/h3,5-11,14,20H,4,12-13,15H2,1-2H3,(H,24,25,26)/b17-3+. The third-order valence-electron chi connectivity index (χ3n) is 4.73. The number of allylic oxidation sites excluding steroid dienone is 2. The van der Waals surface area contributed by atoms with Crippen LogP contribution in [-0.4, -0.2) is 17.9 Å². The van der Waals surface area contributed by atoms with E-state index in [0.29, 0.717) is 24.5 Å². The van der Waals surface area contributed by atoms with E-state index in [2.05, 4.69) is 18.3 Å². The van der Waals surface area contributed by atoms with Crippen LogP contribution in [0.1, 0.15) is 44.2 Å². The molecule has 0 aromatic heterocycles. The minimum Gasteiger partial charge on any atom is -0.488 e. The van der Waals surface area contributed by atoms with Crippen LogP contribution in [0.2, 0.25) is 0 Å². The van der Waals surface area contributed by atoms with Gasteiger partial charge < -0.3 is 9.47 Å². The first-order chi connectivity index (χ1) is 13.6. The average Bonchev–Trinajstić information content (AvgIpc) is 2.71. The zero-order chi connectivity index (χ0) is 19.9. The summed E-state index contributed by atoms with van der Waals surface area (Å²) >= 11 is 0. The minimum atomic E-state index is -0.669. The average molecular weight is 379 g/mol. The second kappa shape index (κ2) is 9.22. The van der Waals surface area contributed by atoms with Gasteiger partial charge in [0.05, 0.1) is 0 Å². The SMILES string of the molecule is C/C=C(\CC)c1ccc(OC2CCC(=O)NC2=O)cc1OCc1ccccc1. The maximum atomic E-state index is 12.0. The summed E-state index contributed by atoms with van der Waals surface area (Å²) in [6.07, 6.45) is 2.95. The minimum absolute atomic E-state index is 0.257. The lowest BCUT2D eigenvalue weighted by atomic mass is 10.0. The van der Waals surface area contributed by atoms with E-state index in [9.17, 15) is 9.59 Å². The third-order valence-corrected chi connectivity index (χ3v) is 4.73. The van der Waals surface area contributed by atoms with Crippen molar-refractivity contribution in [1.82, 2.24) is 5.32 Å². The molecule has 1 atom stereocenters. The van der Waals surface area contributed by atoms with Gasteiger partial charge in [-0.3, -0.25) is 14.9 Å². The van der Waals surface area contributed by atoms with Crippen molar-refractivity contribution in [2.75, 3.05) is 0 Å². The number of carbonyl (C=O) groups is 2. The van der Waals surface area contributed by atoms with Crippen LogP contribution in [0.15, 0.2) is 54.6 Å². The number of piperidine rings is 1. The predicted octanol–water partition coefficient (Wildman–Crippen LogP) is 4.26. The van der Waals surface area contributed by atoms with Crippen LogP contribution in [0.5, 0.6) is 11.5 Å². The van der Waals surface area contributed by atoms with Crippen molar-refractivity contribution in [2.24, 2.45) is 0 Å². The van der Waals surface area contributed by atoms with Crippen molar-refractivity contribution >= 4 is 17.4 Å². The smallest absolute Gasteiger partial charge is 0.267 e. The molecule has 1 N–H and O–H groups in total. The molecule has 2 aromatic carbocycles. The summed E-state index contributed by atoms with van der Waals surface area (Å²) in [5, 5.41) is 2.32. The highest BCUT2D eigenvalue weighted by molar-refractivity contribution is 5.99. The summed E-state index contributed by atoms with van der Waals surface area (Å²) in [6, 6.07) is 15.6. The molecule has 5 heteroatoms. The fourth-order valence-corrected chi connectivity index (χ4v) is 3.20. The second-order valence-electron chi connectivity index (χ2n) is 6.66. The van der Waals surface area contributed by atoms with Gasteiger partial charge in [0.1, 0.15) is 18.1 Å². The molecule has 2 aromatic rings. The van der Waals surface area contributed by atoms with Gasteiger partial charge in [-0.1, -0.05) is 43.3 Å². The lowest BCUT2D eigenvalue weighted by Gasteiger charge is -2.23. The molecule has 0 bridgehead atoms. The quantitative estimate of drug-likeness (QED) is 0.730. The van der Waals surface area contributed by atoms with Crippen molar-refractivity contribution in [3.8, 4) is 11.5 Å². The van der Waals surface area contributed by atoms with Crippen LogP contribution in [0.25, 0.3) is 5.57 Å². The van der Waals surface area contributed by atoms with E-state index >= 15 is 0 Å². The highest BCUT2D eigenvalue weighted by Crippen LogP contribution is 2.33. The first kappa shape index (κ1) is 19.7. The zero-order valence-corrected chi connectivity index (χ0v) is 16.2. The largest absolute Gasteiger partial charge is 0.488 e. The van der Waals surface area contributed by atoms with E-state index in [1.165, 1.54) is 5.57 Å². The second-order valence-corrected chi connectivity index (χ2v) is 6.66. The maximum absolute atomic E-state index is 12.0. The number of amides is 2. The molecular formula is C23H25NO4. The van der Waals surface area contributed by atoms with E-state index in [-0.39, 0.29) is 12.3 Å². The number of rotatable bonds is 7. The lowest BCUT2D eigenvalue weighted by Crippen LogP contribution is -2.46. The molecule has 1 aliphatic rings. The highest BCUT2D eigenvalue weighted by Gasteiger charge is 2.28. The van der Waals surface area contributed by atoms with Gasteiger partial charge in [0.2, 0.25) is 5.91 Å². The van der Waals surface area contributed by atoms with Gasteiger partial charge in [-0.15, -0.1) is 0 Å². The molecule has 1 unspecified atom stereocenters. The fraction of sp³-hybridized carbons (Fsp3) is 0.304. The summed E-state index contributed by atoms with van der Waals surface area (Å²) < 4.78 is 12.0. The summed E-state index contributed by atoms with van der Waals surface area (Å²) in [5.41, 5.74) is 3.26. The van der Waals surface area contributed by atoms with E-state index in [1.807, 2.05) is 55.5 Å². The van der Waals surface area contributed by atoms with Crippen LogP contribution >= 0.6 is 0 Å². The third kappa shape index (κ3) is 4.80. The number of carbonyl (C=O) groups excluding carboxylic acids is 2. The molecule has 28 heavy (non-hydrogen) atoms. The van der Waals surface area contributed by atoms with Crippen molar-refractivity contribution < 1.29 is 19.1 Å². The van der Waals surface area contributed by atoms with Crippen molar-refractivity contribution in [1.29, 1.82) is 0 Å². The molecule has 0 saturated carbocycles. The van der Waals surface area contributed by atoms with Gasteiger partial charge >= 0.3 is 0 Å². The Hall–Kier alpha value is -3.08. The topological polar surface area (TPSA) is 64.6 Å². The van der Waals surface area contributed by atoms with E-state index in [4.69, 9.17) is 9.47 Å². The fourth-order valence-electron chi connectivity index (χ4n) is 3.20. The Morgan fingerprint density at radius 2 is 1.96 bits per heavy atom. The Bertz CT molecular complexity index is 873. The summed E-state index contributed by atoms with van der Waals surface area (Å²) in [4.78, 5) is 23.3. The molecule has 5 nitrogen and oxygen atoms in total. The van der Waals surface area contributed by atoms with Crippen molar-refractivity contribution in [3.05, 3.63) is 65.7 Å². The van der Waals surface area contributed by atoms with Gasteiger partial charge in [-0.25, -0.2) is 0 Å². The van der Waals surface area contributed by atoms with Gasteiger partial charge in [-0.05, 0) is 36.6 Å². The van der Waals surface area contributed by atoms with Crippen molar-refractivity contribution in [3.63, 3.8) is 0 Å². The Morgan fingerprint density at radius 1 is 1.18 bits per heavy atom. The molecular weight excluding hydrogens is 354 g/mol. The highest BCUT2D eigenvalue weighted by atomic mass is 16.5. The molecule has 3 rings (SSSR count). The van der Waals surface area contributed by atoms with Gasteiger partial charge in [-0.2, -0.15) is 0 Å². The van der Waals surface area contributed by atoms with Crippen LogP contribution in [0.3, 0.4) is 0 Å². The number of hydrogen-bond acceptors (Lipinski definition) is 4. The summed E-state index contributed by atoms with van der Waals surface area (Å²) in [7, 11) is 0. The van der Waals surface area contributed by atoms with E-state index in [1.54, 1.807) is 0 Å². The Balaban J connectivity index is 1.82. The molecule has 1 fully saturated rings. The predicted molar refractivity (Wildman–Crippen MR) is 108 cm³/mol. The number of ether oxygens (including phenoxy) is 2. The Kier molecular flexibility index (Phi) is 6.48. The molecule has 0 spiro atoms. The molecule has 1 saturated heterocycles. The molecule has 1 aliphatic heterocycles. The Labute approximate surface area is 165 Å². The summed E-state index contributed by atoms with van der Waals surface area (Å²) in [5.74, 6) is 0.610. The van der Waals surface area contributed by atoms with Crippen LogP contribution < -0.4 is 14.8 Å². The first-order valence-corrected chi connectivity index (χ1v) is 9.57. The number of hydrogen-bond donors (Lipinski definition) is 1. The van der Waals surface area contributed by atoms with Crippen LogP contribution in [0, 0.1) is 0 Å². The monoisotopic (exact) mass is 379 g/mol. The molecule has 1 heterocycles. The zero-order valence-electron chi connectivity index (χ0n) is 16.2.